The highest BCUT2D eigenvalue weighted by atomic mass is 35.5. The molecule has 2 aromatic rings. The van der Waals surface area contributed by atoms with Crippen LogP contribution in [0.2, 0.25) is 10.0 Å². The summed E-state index contributed by atoms with van der Waals surface area (Å²) in [5.74, 6) is -2.63. The summed E-state index contributed by atoms with van der Waals surface area (Å²) in [4.78, 5) is 23.3. The minimum absolute atomic E-state index is 0.602. The average Bonchev–Trinajstić information content (AvgIpc) is 2.52. The maximum atomic E-state index is 9.10. The molecule has 0 fully saturated rings. The smallest absolute Gasteiger partial charge is 0.414 e. The van der Waals surface area contributed by atoms with Crippen LogP contribution in [0.4, 0.5) is 0 Å². The Morgan fingerprint density at radius 1 is 1.00 bits per heavy atom. The van der Waals surface area contributed by atoms with Gasteiger partial charge in [-0.25, -0.2) is 9.59 Å². The number of aryl methyl sites for hydroxylation is 1. The molecule has 0 bridgehead atoms. The third kappa shape index (κ3) is 7.88. The molecular formula is C15H13Cl2NO4S. The maximum Gasteiger partial charge on any atom is 0.414 e. The fourth-order valence-electron chi connectivity index (χ4n) is 1.40. The Morgan fingerprint density at radius 2 is 1.61 bits per heavy atom. The van der Waals surface area contributed by atoms with Crippen LogP contribution in [0, 0.1) is 0 Å². The molecule has 23 heavy (non-hydrogen) atoms. The first-order valence-electron chi connectivity index (χ1n) is 6.33. The Labute approximate surface area is 147 Å². The molecule has 8 heteroatoms. The van der Waals surface area contributed by atoms with E-state index in [2.05, 4.69) is 4.98 Å². The van der Waals surface area contributed by atoms with Gasteiger partial charge >= 0.3 is 11.9 Å². The van der Waals surface area contributed by atoms with Crippen molar-refractivity contribution in [1.82, 2.24) is 4.98 Å². The summed E-state index contributed by atoms with van der Waals surface area (Å²) in [6, 6.07) is 9.80. The first-order valence-corrected chi connectivity index (χ1v) is 8.07. The third-order valence-corrected chi connectivity index (χ3v) is 4.22. The van der Waals surface area contributed by atoms with Crippen molar-refractivity contribution in [2.45, 2.75) is 11.3 Å². The molecule has 5 nitrogen and oxygen atoms in total. The molecular weight excluding hydrogens is 361 g/mol. The van der Waals surface area contributed by atoms with Crippen molar-refractivity contribution in [3.63, 3.8) is 0 Å². The summed E-state index contributed by atoms with van der Waals surface area (Å²) in [6.45, 7) is 0. The first kappa shape index (κ1) is 19.3. The third-order valence-electron chi connectivity index (χ3n) is 2.48. The predicted molar refractivity (Wildman–Crippen MR) is 90.4 cm³/mol. The SMILES string of the molecule is Clc1ccc(SCCc2ccncc2)cc1Cl.O=C(O)C(=O)O. The zero-order valence-corrected chi connectivity index (χ0v) is 14.1. The number of nitrogens with zero attached hydrogens (tertiary/aromatic N) is 1. The van der Waals surface area contributed by atoms with Gasteiger partial charge in [0.05, 0.1) is 10.0 Å². The molecule has 0 amide bonds. The second-order valence-electron chi connectivity index (χ2n) is 4.14. The van der Waals surface area contributed by atoms with Crippen LogP contribution in [0.15, 0.2) is 47.6 Å². The summed E-state index contributed by atoms with van der Waals surface area (Å²) < 4.78 is 0. The van der Waals surface area contributed by atoms with Gasteiger partial charge in [0, 0.05) is 23.0 Å². The molecule has 0 aliphatic heterocycles. The lowest BCUT2D eigenvalue weighted by atomic mass is 10.2. The fraction of sp³-hybridized carbons (Fsp3) is 0.133. The number of hydrogen-bond acceptors (Lipinski definition) is 4. The molecule has 122 valence electrons. The van der Waals surface area contributed by atoms with Gasteiger partial charge in [0.1, 0.15) is 0 Å². The molecule has 0 atom stereocenters. The minimum Gasteiger partial charge on any atom is -0.473 e. The number of halogens is 2. The lowest BCUT2D eigenvalue weighted by Crippen LogP contribution is -2.09. The Kier molecular flexibility index (Phi) is 8.47. The Hall–Kier alpha value is -1.76. The number of pyridine rings is 1. The number of rotatable bonds is 4. The molecule has 1 aromatic heterocycles. The summed E-state index contributed by atoms with van der Waals surface area (Å²) in [6.07, 6.45) is 4.66. The van der Waals surface area contributed by atoms with Gasteiger partial charge in [-0.2, -0.15) is 0 Å². The van der Waals surface area contributed by atoms with Gasteiger partial charge in [-0.1, -0.05) is 23.2 Å². The first-order chi connectivity index (χ1) is 10.9. The predicted octanol–water partition coefficient (Wildman–Crippen LogP) is 3.88. The van der Waals surface area contributed by atoms with E-state index in [1.807, 2.05) is 42.7 Å². The van der Waals surface area contributed by atoms with Crippen molar-refractivity contribution >= 4 is 46.9 Å². The topological polar surface area (TPSA) is 87.5 Å². The van der Waals surface area contributed by atoms with E-state index in [1.165, 1.54) is 5.56 Å². The van der Waals surface area contributed by atoms with Crippen molar-refractivity contribution in [3.8, 4) is 0 Å². The highest BCUT2D eigenvalue weighted by Gasteiger charge is 2.04. The van der Waals surface area contributed by atoms with Crippen LogP contribution in [-0.2, 0) is 16.0 Å². The molecule has 0 spiro atoms. The molecule has 0 unspecified atom stereocenters. The molecule has 1 aromatic carbocycles. The van der Waals surface area contributed by atoms with Gasteiger partial charge in [0.15, 0.2) is 0 Å². The summed E-state index contributed by atoms with van der Waals surface area (Å²) >= 11 is 13.6. The number of aromatic nitrogens is 1. The van der Waals surface area contributed by atoms with Crippen LogP contribution < -0.4 is 0 Å². The van der Waals surface area contributed by atoms with Crippen molar-refractivity contribution in [1.29, 1.82) is 0 Å². The normalized spacial score (nSPS) is 9.65. The number of thioether (sulfide) groups is 1. The van der Waals surface area contributed by atoms with E-state index in [0.29, 0.717) is 10.0 Å². The van der Waals surface area contributed by atoms with Gasteiger partial charge in [0.25, 0.3) is 0 Å². The Bertz CT molecular complexity index is 656. The van der Waals surface area contributed by atoms with Gasteiger partial charge in [-0.15, -0.1) is 11.8 Å². The Morgan fingerprint density at radius 3 is 2.13 bits per heavy atom. The molecule has 1 heterocycles. The second kappa shape index (κ2) is 10.1. The number of carboxylic acid groups (broad SMARTS) is 2. The number of aliphatic carboxylic acids is 2. The summed E-state index contributed by atoms with van der Waals surface area (Å²) in [7, 11) is 0. The van der Waals surface area contributed by atoms with Crippen molar-refractivity contribution in [2.24, 2.45) is 0 Å². The molecule has 0 saturated carbocycles. The number of hydrogen-bond donors (Lipinski definition) is 2. The van der Waals surface area contributed by atoms with Gasteiger partial charge in [0.2, 0.25) is 0 Å². The van der Waals surface area contributed by atoms with E-state index >= 15 is 0 Å². The van der Waals surface area contributed by atoms with E-state index in [1.54, 1.807) is 11.8 Å². The molecule has 0 saturated heterocycles. The largest absolute Gasteiger partial charge is 0.473 e. The quantitative estimate of drug-likeness (QED) is 0.624. The van der Waals surface area contributed by atoms with Gasteiger partial charge < -0.3 is 10.2 Å². The van der Waals surface area contributed by atoms with Crippen LogP contribution in [0.25, 0.3) is 0 Å². The summed E-state index contributed by atoms with van der Waals surface area (Å²) in [5, 5.41) is 16.0. The zero-order chi connectivity index (χ0) is 17.2. The lowest BCUT2D eigenvalue weighted by Gasteiger charge is -2.03. The van der Waals surface area contributed by atoms with Crippen molar-refractivity contribution in [2.75, 3.05) is 5.75 Å². The molecule has 0 aliphatic carbocycles. The molecule has 2 N–H and O–H groups in total. The number of carbonyl (C=O) groups is 2. The fourth-order valence-corrected chi connectivity index (χ4v) is 2.70. The van der Waals surface area contributed by atoms with Crippen LogP contribution in [-0.4, -0.2) is 32.9 Å². The highest BCUT2D eigenvalue weighted by Crippen LogP contribution is 2.28. The zero-order valence-electron chi connectivity index (χ0n) is 11.8. The number of benzene rings is 1. The molecule has 2 rings (SSSR count). The molecule has 0 radical (unpaired) electrons. The standard InChI is InChI=1S/C13H11Cl2NS.C2H2O4/c14-12-2-1-11(9-13(12)15)17-8-5-10-3-6-16-7-4-10;3-1(4)2(5)6/h1-4,6-7,9H,5,8H2;(H,3,4)(H,5,6). The van der Waals surface area contributed by atoms with E-state index in [4.69, 9.17) is 43.0 Å². The van der Waals surface area contributed by atoms with E-state index in [-0.39, 0.29) is 0 Å². The van der Waals surface area contributed by atoms with Crippen molar-refractivity contribution < 1.29 is 19.8 Å². The maximum absolute atomic E-state index is 9.10. The average molecular weight is 374 g/mol. The lowest BCUT2D eigenvalue weighted by molar-refractivity contribution is -0.159. The monoisotopic (exact) mass is 373 g/mol. The van der Waals surface area contributed by atoms with Gasteiger partial charge in [-0.3, -0.25) is 4.98 Å². The van der Waals surface area contributed by atoms with E-state index in [0.717, 1.165) is 17.1 Å². The van der Waals surface area contributed by atoms with Gasteiger partial charge in [-0.05, 0) is 42.3 Å². The highest BCUT2D eigenvalue weighted by molar-refractivity contribution is 7.99. The van der Waals surface area contributed by atoms with E-state index < -0.39 is 11.9 Å². The van der Waals surface area contributed by atoms with Crippen molar-refractivity contribution in [3.05, 3.63) is 58.3 Å². The van der Waals surface area contributed by atoms with Crippen LogP contribution >= 0.6 is 35.0 Å². The number of carboxylic acids is 2. The van der Waals surface area contributed by atoms with Crippen LogP contribution in [0.5, 0.6) is 0 Å². The van der Waals surface area contributed by atoms with Crippen LogP contribution in [0.1, 0.15) is 5.56 Å². The Balaban J connectivity index is 0.000000379. The second-order valence-corrected chi connectivity index (χ2v) is 6.12. The summed E-state index contributed by atoms with van der Waals surface area (Å²) in [5.41, 5.74) is 1.30. The van der Waals surface area contributed by atoms with Crippen LogP contribution in [0.3, 0.4) is 0 Å². The minimum atomic E-state index is -1.82. The molecule has 0 aliphatic rings. The van der Waals surface area contributed by atoms with E-state index in [9.17, 15) is 0 Å².